The third-order valence-electron chi connectivity index (χ3n) is 9.99. The number of esters is 1. The molecular weight excluding hydrogens is 843 g/mol. The molecule has 0 saturated heterocycles. The predicted octanol–water partition coefficient (Wildman–Crippen LogP) is 10.3. The second-order valence-electron chi connectivity index (χ2n) is 17.5. The third-order valence-corrected chi connectivity index (χ3v) is 9.99. The summed E-state index contributed by atoms with van der Waals surface area (Å²) in [7, 11) is 0. The zero-order chi connectivity index (χ0) is 47.3. The average molecular weight is 900 g/mol. The molecule has 0 aliphatic heterocycles. The van der Waals surface area contributed by atoms with E-state index in [4.69, 9.17) is 28.4 Å². The van der Waals surface area contributed by atoms with Gasteiger partial charge in [0.25, 0.3) is 0 Å². The van der Waals surface area contributed by atoms with Gasteiger partial charge >= 0.3 is 24.2 Å². The minimum absolute atomic E-state index is 0.0190. The van der Waals surface area contributed by atoms with E-state index in [1.165, 1.54) is 6.07 Å². The van der Waals surface area contributed by atoms with Crippen molar-refractivity contribution in [3.63, 3.8) is 0 Å². The van der Waals surface area contributed by atoms with Gasteiger partial charge in [0, 0.05) is 35.8 Å². The van der Waals surface area contributed by atoms with Crippen LogP contribution in [0, 0.1) is 0 Å². The highest BCUT2D eigenvalue weighted by molar-refractivity contribution is 6.00. The molecule has 14 heteroatoms. The van der Waals surface area contributed by atoms with E-state index >= 15 is 0 Å². The molecule has 346 valence electrons. The number of alkyl carbamates (subject to hydrolysis) is 2. The summed E-state index contributed by atoms with van der Waals surface area (Å²) in [5, 5.41) is 8.26. The van der Waals surface area contributed by atoms with Crippen LogP contribution in [0.25, 0.3) is 22.3 Å². The maximum atomic E-state index is 13.8. The van der Waals surface area contributed by atoms with Crippen molar-refractivity contribution in [2.24, 2.45) is 0 Å². The van der Waals surface area contributed by atoms with Crippen LogP contribution < -0.4 is 25.4 Å². The van der Waals surface area contributed by atoms with Crippen molar-refractivity contribution in [2.75, 3.05) is 44.8 Å². The van der Waals surface area contributed by atoms with Gasteiger partial charge in [0.1, 0.15) is 34.9 Å². The van der Waals surface area contributed by atoms with Crippen molar-refractivity contribution in [3.05, 3.63) is 138 Å². The molecular formula is C52H57N3O11. The Balaban J connectivity index is 1.23. The fraction of sp³-hybridized carbons (Fsp3) is 0.327. The Hall–Kier alpha value is -7.35. The fourth-order valence-electron chi connectivity index (χ4n) is 7.13. The van der Waals surface area contributed by atoms with E-state index in [-0.39, 0.29) is 55.9 Å². The van der Waals surface area contributed by atoms with Crippen LogP contribution in [0.4, 0.5) is 20.1 Å². The van der Waals surface area contributed by atoms with Crippen LogP contribution in [-0.4, -0.2) is 80.8 Å². The molecule has 0 bridgehead atoms. The number of hydrogen-bond acceptors (Lipinski definition) is 11. The van der Waals surface area contributed by atoms with E-state index in [0.717, 1.165) is 22.3 Å². The molecule has 0 atom stereocenters. The summed E-state index contributed by atoms with van der Waals surface area (Å²) in [6.07, 6.45) is -1.07. The topological polar surface area (TPSA) is 177 Å². The van der Waals surface area contributed by atoms with Crippen LogP contribution in [0.3, 0.4) is 0 Å². The lowest BCUT2D eigenvalue weighted by atomic mass is 9.98. The van der Waals surface area contributed by atoms with Gasteiger partial charge in [-0.3, -0.25) is 10.1 Å². The lowest BCUT2D eigenvalue weighted by Crippen LogP contribution is -2.33. The summed E-state index contributed by atoms with van der Waals surface area (Å²) >= 11 is 0. The Labute approximate surface area is 385 Å². The first-order valence-electron chi connectivity index (χ1n) is 21.9. The van der Waals surface area contributed by atoms with Crippen molar-refractivity contribution in [1.29, 1.82) is 0 Å². The van der Waals surface area contributed by atoms with Crippen LogP contribution in [0.15, 0.2) is 115 Å². The normalized spacial score (nSPS) is 11.9. The van der Waals surface area contributed by atoms with Crippen LogP contribution in [0.5, 0.6) is 11.5 Å². The number of Topliss-reactive ketones (excluding diaryl/α,β-unsaturated/α-hetero) is 1. The Morgan fingerprint density at radius 3 is 1.71 bits per heavy atom. The molecule has 5 aromatic carbocycles. The monoisotopic (exact) mass is 899 g/mol. The standard InChI is InChI=1S/C52H57N3O11/c1-51(2,3)65-48(58)53-25-15-27-61-45-31-42(47(57)63-33-44(56)34-17-8-7-9-18-34)46(62-28-16-26-54-49(59)66-52(4,5)6)30-41(45)35-19-14-20-36(29-35)55-50(60)64-32-43-39-23-12-10-21-37(39)38-22-11-13-24-40(38)43/h7-14,17-24,29-31,43H,15-16,25-28,32-33H2,1-6H3,(H,53,58)(H,54,59)(H,55,60). The van der Waals surface area contributed by atoms with E-state index in [0.29, 0.717) is 35.2 Å². The predicted molar refractivity (Wildman–Crippen MR) is 250 cm³/mol. The molecule has 0 unspecified atom stereocenters. The maximum absolute atomic E-state index is 13.8. The molecule has 1 aliphatic carbocycles. The van der Waals surface area contributed by atoms with Crippen LogP contribution in [0.2, 0.25) is 0 Å². The Bertz CT molecular complexity index is 2460. The first-order chi connectivity index (χ1) is 31.5. The zero-order valence-corrected chi connectivity index (χ0v) is 38.2. The third kappa shape index (κ3) is 13.8. The largest absolute Gasteiger partial charge is 0.493 e. The number of carbonyl (C=O) groups excluding carboxylic acids is 5. The van der Waals surface area contributed by atoms with Crippen molar-refractivity contribution in [2.45, 2.75) is 71.5 Å². The molecule has 1 aliphatic rings. The SMILES string of the molecule is CC(C)(C)OC(=O)NCCCOc1cc(-c2cccc(NC(=O)OCC3c4ccccc4-c4ccccc43)c2)c(OCCCNC(=O)OC(C)(C)C)cc1C(=O)OCC(=O)c1ccccc1. The van der Waals surface area contributed by atoms with Crippen LogP contribution in [0.1, 0.15) is 92.1 Å². The Morgan fingerprint density at radius 1 is 0.561 bits per heavy atom. The van der Waals surface area contributed by atoms with Gasteiger partial charge in [-0.25, -0.2) is 19.2 Å². The summed E-state index contributed by atoms with van der Waals surface area (Å²) in [5.74, 6) is -0.985. The molecule has 6 rings (SSSR count). The quantitative estimate of drug-likeness (QED) is 0.0330. The first kappa shape index (κ1) is 48.1. The van der Waals surface area contributed by atoms with Gasteiger partial charge in [-0.2, -0.15) is 0 Å². The summed E-state index contributed by atoms with van der Waals surface area (Å²) in [6, 6.07) is 34.8. The van der Waals surface area contributed by atoms with Crippen LogP contribution >= 0.6 is 0 Å². The Morgan fingerprint density at radius 2 is 1.12 bits per heavy atom. The highest BCUT2D eigenvalue weighted by atomic mass is 16.6. The molecule has 0 heterocycles. The van der Waals surface area contributed by atoms with Crippen molar-refractivity contribution < 1.29 is 52.4 Å². The Kier molecular flexibility index (Phi) is 16.1. The van der Waals surface area contributed by atoms with E-state index in [1.807, 2.05) is 24.3 Å². The van der Waals surface area contributed by atoms with E-state index in [1.54, 1.807) is 102 Å². The van der Waals surface area contributed by atoms with Crippen molar-refractivity contribution >= 4 is 35.7 Å². The summed E-state index contributed by atoms with van der Waals surface area (Å²) in [6.45, 7) is 10.8. The lowest BCUT2D eigenvalue weighted by Gasteiger charge is -2.20. The number of ketones is 1. The van der Waals surface area contributed by atoms with Gasteiger partial charge in [0.2, 0.25) is 0 Å². The summed E-state index contributed by atoms with van der Waals surface area (Å²) < 4.78 is 34.5. The number of carbonyl (C=O) groups is 5. The molecule has 66 heavy (non-hydrogen) atoms. The maximum Gasteiger partial charge on any atom is 0.411 e. The number of benzene rings is 5. The van der Waals surface area contributed by atoms with Gasteiger partial charge in [0.15, 0.2) is 12.4 Å². The number of hydrogen-bond donors (Lipinski definition) is 3. The molecule has 14 nitrogen and oxygen atoms in total. The first-order valence-corrected chi connectivity index (χ1v) is 21.9. The lowest BCUT2D eigenvalue weighted by molar-refractivity contribution is 0.0469. The number of ether oxygens (including phenoxy) is 6. The van der Waals surface area contributed by atoms with Gasteiger partial charge in [0.05, 0.1) is 13.2 Å². The highest BCUT2D eigenvalue weighted by Crippen LogP contribution is 2.44. The van der Waals surface area contributed by atoms with Crippen molar-refractivity contribution in [1.82, 2.24) is 10.6 Å². The van der Waals surface area contributed by atoms with Gasteiger partial charge in [-0.05, 0) is 106 Å². The molecule has 0 fully saturated rings. The van der Waals surface area contributed by atoms with Gasteiger partial charge in [-0.1, -0.05) is 91.0 Å². The molecule has 3 N–H and O–H groups in total. The molecule has 5 aromatic rings. The molecule has 0 aromatic heterocycles. The van der Waals surface area contributed by atoms with Gasteiger partial charge in [-0.15, -0.1) is 0 Å². The van der Waals surface area contributed by atoms with E-state index in [2.05, 4.69) is 40.2 Å². The van der Waals surface area contributed by atoms with E-state index in [9.17, 15) is 24.0 Å². The molecule has 3 amide bonds. The average Bonchev–Trinajstić information content (AvgIpc) is 3.59. The van der Waals surface area contributed by atoms with Gasteiger partial charge < -0.3 is 39.1 Å². The number of anilines is 1. The number of rotatable bonds is 18. The smallest absolute Gasteiger partial charge is 0.411 e. The second-order valence-corrected chi connectivity index (χ2v) is 17.5. The van der Waals surface area contributed by atoms with Crippen LogP contribution in [-0.2, 0) is 18.9 Å². The number of amides is 3. The molecule has 0 radical (unpaired) electrons. The van der Waals surface area contributed by atoms with E-state index < -0.39 is 47.8 Å². The number of fused-ring (bicyclic) bond motifs is 3. The summed E-state index contributed by atoms with van der Waals surface area (Å²) in [5.41, 5.74) is 4.95. The molecule has 0 spiro atoms. The second kappa shape index (κ2) is 22.0. The number of nitrogens with one attached hydrogen (secondary N) is 3. The fourth-order valence-corrected chi connectivity index (χ4v) is 7.13. The van der Waals surface area contributed by atoms with Crippen molar-refractivity contribution in [3.8, 4) is 33.8 Å². The minimum Gasteiger partial charge on any atom is -0.493 e. The summed E-state index contributed by atoms with van der Waals surface area (Å²) in [4.78, 5) is 64.7. The zero-order valence-electron chi connectivity index (χ0n) is 38.2. The highest BCUT2D eigenvalue weighted by Gasteiger charge is 2.29. The molecule has 0 saturated carbocycles. The minimum atomic E-state index is -0.838.